The largest absolute Gasteiger partial charge is 0.347 e. The van der Waals surface area contributed by atoms with Crippen LogP contribution in [0.2, 0.25) is 0 Å². The van der Waals surface area contributed by atoms with E-state index >= 15 is 0 Å². The van der Waals surface area contributed by atoms with Crippen LogP contribution in [0.25, 0.3) is 0 Å². The van der Waals surface area contributed by atoms with Gasteiger partial charge in [0.25, 0.3) is 0 Å². The van der Waals surface area contributed by atoms with E-state index in [0.717, 1.165) is 41.0 Å². The maximum Gasteiger partial charge on any atom is 0.208 e. The lowest BCUT2D eigenvalue weighted by molar-refractivity contribution is 0.634. The van der Waals surface area contributed by atoms with Gasteiger partial charge >= 0.3 is 0 Å². The summed E-state index contributed by atoms with van der Waals surface area (Å²) in [7, 11) is 1.94. The first-order valence-corrected chi connectivity index (χ1v) is 9.00. The zero-order valence-corrected chi connectivity index (χ0v) is 14.9. The van der Waals surface area contributed by atoms with Gasteiger partial charge < -0.3 is 9.88 Å². The molecule has 0 saturated heterocycles. The first kappa shape index (κ1) is 15.3. The number of hydrogen-bond donors (Lipinski definition) is 1. The lowest BCUT2D eigenvalue weighted by atomic mass is 9.93. The molecule has 3 aromatic heterocycles. The summed E-state index contributed by atoms with van der Waals surface area (Å²) in [5.74, 6) is 0.792. The van der Waals surface area contributed by atoms with Crippen LogP contribution in [0.1, 0.15) is 41.7 Å². The summed E-state index contributed by atoms with van der Waals surface area (Å²) in [5.41, 5.74) is 3.45. The summed E-state index contributed by atoms with van der Waals surface area (Å²) in [4.78, 5) is 10.1. The van der Waals surface area contributed by atoms with E-state index in [1.807, 2.05) is 17.9 Å². The number of H-pyrrole nitrogens is 1. The van der Waals surface area contributed by atoms with Crippen LogP contribution in [0.15, 0.2) is 18.7 Å². The normalized spacial score (nSPS) is 17.5. The van der Waals surface area contributed by atoms with Gasteiger partial charge in [0, 0.05) is 37.7 Å². The minimum atomic E-state index is 0.200. The van der Waals surface area contributed by atoms with E-state index in [9.17, 15) is 0 Å². The van der Waals surface area contributed by atoms with E-state index in [1.54, 1.807) is 17.7 Å². The van der Waals surface area contributed by atoms with Crippen LogP contribution in [0.3, 0.4) is 0 Å². The number of aromatic nitrogens is 6. The van der Waals surface area contributed by atoms with Crippen molar-refractivity contribution < 1.29 is 0 Å². The molecule has 1 aliphatic heterocycles. The monoisotopic (exact) mass is 343 g/mol. The van der Waals surface area contributed by atoms with Crippen molar-refractivity contribution in [3.05, 3.63) is 40.7 Å². The fourth-order valence-corrected chi connectivity index (χ4v) is 4.21. The van der Waals surface area contributed by atoms with Crippen molar-refractivity contribution >= 4 is 16.5 Å². The zero-order valence-electron chi connectivity index (χ0n) is 14.1. The smallest absolute Gasteiger partial charge is 0.208 e. The fraction of sp³-hybridized carbons (Fsp3) is 0.500. The van der Waals surface area contributed by atoms with Gasteiger partial charge in [0.1, 0.15) is 5.01 Å². The topological polar surface area (TPSA) is 75.5 Å². The summed E-state index contributed by atoms with van der Waals surface area (Å²) in [6.07, 6.45) is 6.75. The lowest BCUT2D eigenvalue weighted by Gasteiger charge is -2.31. The van der Waals surface area contributed by atoms with E-state index in [0.29, 0.717) is 5.92 Å². The van der Waals surface area contributed by atoms with E-state index in [2.05, 4.69) is 50.2 Å². The summed E-state index contributed by atoms with van der Waals surface area (Å²) < 4.78 is 1.84. The summed E-state index contributed by atoms with van der Waals surface area (Å²) in [6.45, 7) is 6.05. The summed E-state index contributed by atoms with van der Waals surface area (Å²) >= 11 is 1.70. The maximum absolute atomic E-state index is 4.54. The number of anilines is 1. The van der Waals surface area contributed by atoms with Crippen molar-refractivity contribution in [3.8, 4) is 0 Å². The van der Waals surface area contributed by atoms with Crippen molar-refractivity contribution in [1.82, 2.24) is 29.9 Å². The molecular weight excluding hydrogens is 322 g/mol. The first-order valence-electron chi connectivity index (χ1n) is 8.18. The number of fused-ring (bicyclic) bond motifs is 1. The van der Waals surface area contributed by atoms with Crippen molar-refractivity contribution in [3.63, 3.8) is 0 Å². The van der Waals surface area contributed by atoms with Gasteiger partial charge in [-0.2, -0.15) is 5.10 Å². The van der Waals surface area contributed by atoms with Gasteiger partial charge in [0.05, 0.1) is 30.5 Å². The van der Waals surface area contributed by atoms with Crippen LogP contribution in [-0.4, -0.2) is 36.5 Å². The van der Waals surface area contributed by atoms with Crippen LogP contribution in [0.5, 0.6) is 0 Å². The molecule has 7 nitrogen and oxygen atoms in total. The molecule has 4 rings (SSSR count). The molecule has 0 radical (unpaired) electrons. The predicted octanol–water partition coefficient (Wildman–Crippen LogP) is 2.35. The molecule has 0 saturated carbocycles. The van der Waals surface area contributed by atoms with Gasteiger partial charge in [-0.05, 0) is 5.92 Å². The van der Waals surface area contributed by atoms with Gasteiger partial charge in [-0.25, -0.2) is 4.98 Å². The Kier molecular flexibility index (Phi) is 3.84. The Balaban J connectivity index is 1.63. The Morgan fingerprint density at radius 3 is 3.00 bits per heavy atom. The Bertz CT molecular complexity index is 831. The second-order valence-corrected chi connectivity index (χ2v) is 7.76. The van der Waals surface area contributed by atoms with E-state index in [1.165, 1.54) is 5.56 Å². The molecule has 4 heterocycles. The van der Waals surface area contributed by atoms with Gasteiger partial charge in [-0.1, -0.05) is 25.2 Å². The average molecular weight is 343 g/mol. The highest BCUT2D eigenvalue weighted by molar-refractivity contribution is 7.15. The summed E-state index contributed by atoms with van der Waals surface area (Å²) in [5, 5.41) is 15.2. The standard InChI is InChI=1S/C16H21N7S/c1-10(2)4-14-20-21-16(24-14)23-7-12(11-5-19-22(3)6-11)15-13(8-23)17-9-18-15/h5-6,9-10,12H,4,7-8H2,1-3H3,(H,17,18). The second-order valence-electron chi connectivity index (χ2n) is 6.72. The highest BCUT2D eigenvalue weighted by atomic mass is 32.1. The highest BCUT2D eigenvalue weighted by Crippen LogP contribution is 2.35. The van der Waals surface area contributed by atoms with E-state index in [-0.39, 0.29) is 5.92 Å². The van der Waals surface area contributed by atoms with Gasteiger partial charge in [0.2, 0.25) is 5.13 Å². The SMILES string of the molecule is CC(C)Cc1nnc(N2Cc3[nH]cnc3C(c3cnn(C)c3)C2)s1. The molecule has 24 heavy (non-hydrogen) atoms. The molecule has 0 fully saturated rings. The zero-order chi connectivity index (χ0) is 16.7. The molecule has 8 heteroatoms. The molecule has 0 amide bonds. The van der Waals surface area contributed by atoms with Crippen LogP contribution >= 0.6 is 11.3 Å². The quantitative estimate of drug-likeness (QED) is 0.787. The third-order valence-electron chi connectivity index (χ3n) is 4.27. The third kappa shape index (κ3) is 2.82. The number of aromatic amines is 1. The van der Waals surface area contributed by atoms with Crippen LogP contribution < -0.4 is 4.90 Å². The number of rotatable bonds is 4. The molecule has 1 atom stereocenters. The number of hydrogen-bond acceptors (Lipinski definition) is 6. The van der Waals surface area contributed by atoms with Crippen LogP contribution in [-0.2, 0) is 20.0 Å². The van der Waals surface area contributed by atoms with Crippen molar-refractivity contribution in [2.45, 2.75) is 32.7 Å². The lowest BCUT2D eigenvalue weighted by Crippen LogP contribution is -2.34. The molecule has 0 spiro atoms. The van der Waals surface area contributed by atoms with Crippen molar-refractivity contribution in [1.29, 1.82) is 0 Å². The number of aryl methyl sites for hydroxylation is 1. The van der Waals surface area contributed by atoms with E-state index in [4.69, 9.17) is 0 Å². The third-order valence-corrected chi connectivity index (χ3v) is 5.28. The van der Waals surface area contributed by atoms with E-state index < -0.39 is 0 Å². The molecule has 0 aromatic carbocycles. The van der Waals surface area contributed by atoms with Gasteiger partial charge in [-0.3, -0.25) is 4.68 Å². The average Bonchev–Trinajstić information content (AvgIpc) is 3.25. The molecule has 0 bridgehead atoms. The molecular formula is C16H21N7S. The van der Waals surface area contributed by atoms with Crippen molar-refractivity contribution in [2.75, 3.05) is 11.4 Å². The first-order chi connectivity index (χ1) is 11.6. The minimum absolute atomic E-state index is 0.200. The minimum Gasteiger partial charge on any atom is -0.347 e. The Hall–Kier alpha value is -2.22. The Morgan fingerprint density at radius 1 is 1.38 bits per heavy atom. The fourth-order valence-electron chi connectivity index (χ4n) is 3.15. The number of nitrogens with zero attached hydrogens (tertiary/aromatic N) is 6. The Morgan fingerprint density at radius 2 is 2.25 bits per heavy atom. The van der Waals surface area contributed by atoms with Gasteiger partial charge in [-0.15, -0.1) is 10.2 Å². The predicted molar refractivity (Wildman–Crippen MR) is 93.1 cm³/mol. The molecule has 1 N–H and O–H groups in total. The Labute approximate surface area is 144 Å². The molecule has 0 aliphatic carbocycles. The number of nitrogens with one attached hydrogen (secondary N) is 1. The molecule has 1 unspecified atom stereocenters. The van der Waals surface area contributed by atoms with Crippen LogP contribution in [0, 0.1) is 5.92 Å². The summed E-state index contributed by atoms with van der Waals surface area (Å²) in [6, 6.07) is 0. The van der Waals surface area contributed by atoms with Crippen LogP contribution in [0.4, 0.5) is 5.13 Å². The maximum atomic E-state index is 4.54. The second kappa shape index (κ2) is 6.01. The molecule has 1 aliphatic rings. The van der Waals surface area contributed by atoms with Gasteiger partial charge in [0.15, 0.2) is 0 Å². The highest BCUT2D eigenvalue weighted by Gasteiger charge is 2.31. The molecule has 126 valence electrons. The number of imidazole rings is 1. The van der Waals surface area contributed by atoms with Crippen molar-refractivity contribution in [2.24, 2.45) is 13.0 Å². The molecule has 3 aromatic rings.